The van der Waals surface area contributed by atoms with Gasteiger partial charge in [-0.2, -0.15) is 5.10 Å². The zero-order valence-electron chi connectivity index (χ0n) is 16.6. The van der Waals surface area contributed by atoms with Crippen LogP contribution in [-0.4, -0.2) is 65.8 Å². The number of ether oxygens (including phenoxy) is 2. The molecule has 0 unspecified atom stereocenters. The second kappa shape index (κ2) is 8.21. The van der Waals surface area contributed by atoms with Gasteiger partial charge in [0.1, 0.15) is 0 Å². The van der Waals surface area contributed by atoms with Crippen LogP contribution < -0.4 is 10.5 Å². The lowest BCUT2D eigenvalue weighted by molar-refractivity contribution is -0.188. The van der Waals surface area contributed by atoms with Crippen molar-refractivity contribution in [3.05, 3.63) is 22.6 Å². The lowest BCUT2D eigenvalue weighted by atomic mass is 9.93. The summed E-state index contributed by atoms with van der Waals surface area (Å²) in [5, 5.41) is 4.27. The summed E-state index contributed by atoms with van der Waals surface area (Å²) in [4.78, 5) is 29.2. The highest BCUT2D eigenvalue weighted by Crippen LogP contribution is 2.32. The van der Waals surface area contributed by atoms with Gasteiger partial charge in [-0.3, -0.25) is 9.59 Å². The van der Waals surface area contributed by atoms with Gasteiger partial charge in [0.2, 0.25) is 5.91 Å². The average molecular weight is 390 g/mol. The standard InChI is InChI=1S/C20H30N4O4/c1-2-7-24-18(25)14-17(15-21-24)22-8-3-16(4-9-22)19(26)23-10-5-20(6-11-23)27-12-13-28-20/h14-16H,2-13H2,1H3. The Balaban J connectivity index is 1.30. The second-order valence-electron chi connectivity index (χ2n) is 7.97. The third kappa shape index (κ3) is 3.93. The van der Waals surface area contributed by atoms with Crippen molar-refractivity contribution in [1.29, 1.82) is 0 Å². The van der Waals surface area contributed by atoms with E-state index in [-0.39, 0.29) is 17.4 Å². The van der Waals surface area contributed by atoms with E-state index in [1.807, 2.05) is 11.8 Å². The highest BCUT2D eigenvalue weighted by molar-refractivity contribution is 5.79. The maximum Gasteiger partial charge on any atom is 0.268 e. The first-order valence-corrected chi connectivity index (χ1v) is 10.5. The van der Waals surface area contributed by atoms with Crippen molar-refractivity contribution in [2.45, 2.75) is 51.4 Å². The summed E-state index contributed by atoms with van der Waals surface area (Å²) in [7, 11) is 0. The van der Waals surface area contributed by atoms with Crippen LogP contribution in [0.3, 0.4) is 0 Å². The van der Waals surface area contributed by atoms with Crippen LogP contribution in [0.5, 0.6) is 0 Å². The van der Waals surface area contributed by atoms with Gasteiger partial charge in [0.05, 0.1) is 25.1 Å². The third-order valence-electron chi connectivity index (χ3n) is 6.15. The van der Waals surface area contributed by atoms with Gasteiger partial charge in [0.15, 0.2) is 5.79 Å². The molecule has 154 valence electrons. The maximum absolute atomic E-state index is 12.9. The minimum Gasteiger partial charge on any atom is -0.370 e. The molecule has 0 radical (unpaired) electrons. The van der Waals surface area contributed by atoms with E-state index in [0.717, 1.165) is 50.9 Å². The molecule has 4 rings (SSSR count). The molecule has 28 heavy (non-hydrogen) atoms. The Bertz CT molecular complexity index is 741. The minimum atomic E-state index is -0.439. The van der Waals surface area contributed by atoms with Gasteiger partial charge in [-0.05, 0) is 19.3 Å². The van der Waals surface area contributed by atoms with Crippen LogP contribution in [0.15, 0.2) is 17.1 Å². The molecular formula is C20H30N4O4. The first kappa shape index (κ1) is 19.4. The highest BCUT2D eigenvalue weighted by Gasteiger charge is 2.41. The SMILES string of the molecule is CCCn1ncc(N2CCC(C(=O)N3CCC4(CC3)OCCO4)CC2)cc1=O. The van der Waals surface area contributed by atoms with E-state index >= 15 is 0 Å². The number of aromatic nitrogens is 2. The fourth-order valence-electron chi connectivity index (χ4n) is 4.47. The molecule has 1 aromatic heterocycles. The van der Waals surface area contributed by atoms with Crippen LogP contribution in [0.4, 0.5) is 5.69 Å². The number of anilines is 1. The number of likely N-dealkylation sites (tertiary alicyclic amines) is 1. The Morgan fingerprint density at radius 3 is 2.46 bits per heavy atom. The van der Waals surface area contributed by atoms with E-state index in [2.05, 4.69) is 10.00 Å². The van der Waals surface area contributed by atoms with Crippen LogP contribution in [0.1, 0.15) is 39.0 Å². The number of carbonyl (C=O) groups is 1. The molecule has 3 aliphatic heterocycles. The molecule has 0 N–H and O–H groups in total. The van der Waals surface area contributed by atoms with Crippen molar-refractivity contribution in [1.82, 2.24) is 14.7 Å². The van der Waals surface area contributed by atoms with E-state index in [4.69, 9.17) is 9.47 Å². The molecule has 4 heterocycles. The molecule has 0 aliphatic carbocycles. The average Bonchev–Trinajstić information content (AvgIpc) is 3.18. The van der Waals surface area contributed by atoms with E-state index in [0.29, 0.717) is 32.8 Å². The summed E-state index contributed by atoms with van der Waals surface area (Å²) in [6.07, 6.45) is 5.80. The summed E-state index contributed by atoms with van der Waals surface area (Å²) in [6, 6.07) is 1.66. The fraction of sp³-hybridized carbons (Fsp3) is 0.750. The van der Waals surface area contributed by atoms with E-state index in [1.165, 1.54) is 4.68 Å². The van der Waals surface area contributed by atoms with Crippen LogP contribution in [0.2, 0.25) is 0 Å². The molecule has 3 saturated heterocycles. The summed E-state index contributed by atoms with van der Waals surface area (Å²) in [5.41, 5.74) is 0.801. The Labute approximate surface area is 165 Å². The van der Waals surface area contributed by atoms with Gasteiger partial charge in [-0.15, -0.1) is 0 Å². The van der Waals surface area contributed by atoms with Gasteiger partial charge in [-0.25, -0.2) is 4.68 Å². The molecule has 8 heteroatoms. The number of hydrogen-bond acceptors (Lipinski definition) is 6. The molecule has 0 aromatic carbocycles. The Kier molecular flexibility index (Phi) is 5.68. The molecule has 0 bridgehead atoms. The van der Waals surface area contributed by atoms with Crippen LogP contribution in [0, 0.1) is 5.92 Å². The third-order valence-corrected chi connectivity index (χ3v) is 6.15. The molecular weight excluding hydrogens is 360 g/mol. The first-order valence-electron chi connectivity index (χ1n) is 10.5. The van der Waals surface area contributed by atoms with Crippen LogP contribution >= 0.6 is 0 Å². The van der Waals surface area contributed by atoms with Gasteiger partial charge in [0, 0.05) is 57.5 Å². The van der Waals surface area contributed by atoms with Gasteiger partial charge in [-0.1, -0.05) is 6.92 Å². The number of nitrogens with zero attached hydrogens (tertiary/aromatic N) is 4. The van der Waals surface area contributed by atoms with Crippen molar-refractivity contribution in [2.75, 3.05) is 44.3 Å². The number of rotatable bonds is 4. The molecule has 3 aliphatic rings. The van der Waals surface area contributed by atoms with Crippen molar-refractivity contribution >= 4 is 11.6 Å². The summed E-state index contributed by atoms with van der Waals surface area (Å²) < 4.78 is 13.0. The second-order valence-corrected chi connectivity index (χ2v) is 7.97. The van der Waals surface area contributed by atoms with Crippen molar-refractivity contribution < 1.29 is 14.3 Å². The van der Waals surface area contributed by atoms with Crippen molar-refractivity contribution in [2.24, 2.45) is 5.92 Å². The lowest BCUT2D eigenvalue weighted by Gasteiger charge is -2.40. The van der Waals surface area contributed by atoms with Crippen LogP contribution in [-0.2, 0) is 20.8 Å². The zero-order chi connectivity index (χ0) is 19.6. The van der Waals surface area contributed by atoms with Crippen molar-refractivity contribution in [3.63, 3.8) is 0 Å². The highest BCUT2D eigenvalue weighted by atomic mass is 16.7. The normalized spacial score (nSPS) is 22.8. The lowest BCUT2D eigenvalue weighted by Crippen LogP contribution is -2.50. The number of carbonyl (C=O) groups excluding carboxylic acids is 1. The smallest absolute Gasteiger partial charge is 0.268 e. The number of amides is 1. The molecule has 0 atom stereocenters. The Morgan fingerprint density at radius 2 is 1.86 bits per heavy atom. The zero-order valence-corrected chi connectivity index (χ0v) is 16.6. The molecule has 3 fully saturated rings. The molecule has 1 aromatic rings. The summed E-state index contributed by atoms with van der Waals surface area (Å²) >= 11 is 0. The van der Waals surface area contributed by atoms with Gasteiger partial charge in [0.25, 0.3) is 5.56 Å². The van der Waals surface area contributed by atoms with Crippen molar-refractivity contribution in [3.8, 4) is 0 Å². The summed E-state index contributed by atoms with van der Waals surface area (Å²) in [5.74, 6) is -0.126. The number of hydrogen-bond donors (Lipinski definition) is 0. The topological polar surface area (TPSA) is 76.9 Å². The molecule has 8 nitrogen and oxygen atoms in total. The van der Waals surface area contributed by atoms with Gasteiger partial charge < -0.3 is 19.3 Å². The van der Waals surface area contributed by atoms with E-state index in [1.54, 1.807) is 12.3 Å². The first-order chi connectivity index (χ1) is 13.6. The van der Waals surface area contributed by atoms with E-state index < -0.39 is 5.79 Å². The molecule has 1 amide bonds. The fourth-order valence-corrected chi connectivity index (χ4v) is 4.47. The summed E-state index contributed by atoms with van der Waals surface area (Å²) in [6.45, 7) is 6.95. The molecule has 1 spiro atoms. The largest absolute Gasteiger partial charge is 0.370 e. The minimum absolute atomic E-state index is 0.0591. The van der Waals surface area contributed by atoms with E-state index in [9.17, 15) is 9.59 Å². The number of piperidine rings is 2. The monoisotopic (exact) mass is 390 g/mol. The molecule has 0 saturated carbocycles. The predicted molar refractivity (Wildman–Crippen MR) is 104 cm³/mol. The van der Waals surface area contributed by atoms with Gasteiger partial charge >= 0.3 is 0 Å². The predicted octanol–water partition coefficient (Wildman–Crippen LogP) is 1.24. The number of aryl methyl sites for hydroxylation is 1. The Hall–Kier alpha value is -1.93. The van der Waals surface area contributed by atoms with Crippen LogP contribution in [0.25, 0.3) is 0 Å². The maximum atomic E-state index is 12.9. The Morgan fingerprint density at radius 1 is 1.18 bits per heavy atom. The quantitative estimate of drug-likeness (QED) is 0.770.